The summed E-state index contributed by atoms with van der Waals surface area (Å²) in [5.41, 5.74) is 0.629. The van der Waals surface area contributed by atoms with Crippen LogP contribution in [0, 0.1) is 0 Å². The van der Waals surface area contributed by atoms with Crippen LogP contribution in [0.3, 0.4) is 0 Å². The summed E-state index contributed by atoms with van der Waals surface area (Å²) in [6.07, 6.45) is 3.64. The standard InChI is InChI=1S/C15H26BrN3O/c1-6-10-17-13-12(16)11(7-2)18-14(19-13)15(8-3,9-4)20-5/h6-10H2,1-5H3,(H,17,18,19). The highest BCUT2D eigenvalue weighted by Gasteiger charge is 2.32. The summed E-state index contributed by atoms with van der Waals surface area (Å²) >= 11 is 3.61. The number of hydrogen-bond donors (Lipinski definition) is 1. The molecule has 0 amide bonds. The summed E-state index contributed by atoms with van der Waals surface area (Å²) < 4.78 is 6.72. The Labute approximate surface area is 130 Å². The Morgan fingerprint density at radius 3 is 2.25 bits per heavy atom. The van der Waals surface area contributed by atoms with Crippen molar-refractivity contribution in [2.24, 2.45) is 0 Å². The maximum atomic E-state index is 5.75. The van der Waals surface area contributed by atoms with Crippen LogP contribution in [-0.4, -0.2) is 23.6 Å². The van der Waals surface area contributed by atoms with E-state index >= 15 is 0 Å². The Bertz CT molecular complexity index is 425. The van der Waals surface area contributed by atoms with Gasteiger partial charge in [0.15, 0.2) is 5.82 Å². The third-order valence-electron chi connectivity index (χ3n) is 3.74. The van der Waals surface area contributed by atoms with Crippen molar-refractivity contribution in [3.63, 3.8) is 0 Å². The molecule has 5 heteroatoms. The quantitative estimate of drug-likeness (QED) is 0.764. The number of aromatic nitrogens is 2. The zero-order valence-electron chi connectivity index (χ0n) is 13.2. The zero-order chi connectivity index (χ0) is 15.2. The number of nitrogens with one attached hydrogen (secondary N) is 1. The fourth-order valence-corrected chi connectivity index (χ4v) is 2.84. The molecule has 0 aliphatic heterocycles. The van der Waals surface area contributed by atoms with Gasteiger partial charge in [-0.1, -0.05) is 27.7 Å². The highest BCUT2D eigenvalue weighted by atomic mass is 79.9. The van der Waals surface area contributed by atoms with Crippen molar-refractivity contribution < 1.29 is 4.74 Å². The van der Waals surface area contributed by atoms with E-state index in [9.17, 15) is 0 Å². The second kappa shape index (κ2) is 7.93. The van der Waals surface area contributed by atoms with Crippen LogP contribution in [0.15, 0.2) is 4.47 Å². The average molecular weight is 344 g/mol. The number of ether oxygens (including phenoxy) is 1. The molecule has 114 valence electrons. The van der Waals surface area contributed by atoms with E-state index in [1.54, 1.807) is 7.11 Å². The van der Waals surface area contributed by atoms with Gasteiger partial charge in [-0.05, 0) is 41.6 Å². The first kappa shape index (κ1) is 17.4. The van der Waals surface area contributed by atoms with Gasteiger partial charge < -0.3 is 10.1 Å². The topological polar surface area (TPSA) is 47.0 Å². The Hall–Kier alpha value is -0.680. The van der Waals surface area contributed by atoms with Crippen molar-refractivity contribution in [3.8, 4) is 0 Å². The number of rotatable bonds is 8. The summed E-state index contributed by atoms with van der Waals surface area (Å²) in [7, 11) is 1.74. The molecule has 4 nitrogen and oxygen atoms in total. The summed E-state index contributed by atoms with van der Waals surface area (Å²) in [4.78, 5) is 9.43. The van der Waals surface area contributed by atoms with Gasteiger partial charge in [0.1, 0.15) is 11.4 Å². The van der Waals surface area contributed by atoms with Gasteiger partial charge in [-0.25, -0.2) is 9.97 Å². The van der Waals surface area contributed by atoms with Crippen molar-refractivity contribution in [1.29, 1.82) is 0 Å². The van der Waals surface area contributed by atoms with E-state index < -0.39 is 5.60 Å². The monoisotopic (exact) mass is 343 g/mol. The largest absolute Gasteiger partial charge is 0.370 e. The molecule has 1 heterocycles. The van der Waals surface area contributed by atoms with Crippen molar-refractivity contribution >= 4 is 21.7 Å². The van der Waals surface area contributed by atoms with Gasteiger partial charge >= 0.3 is 0 Å². The van der Waals surface area contributed by atoms with Crippen molar-refractivity contribution in [1.82, 2.24) is 9.97 Å². The highest BCUT2D eigenvalue weighted by Crippen LogP contribution is 2.33. The van der Waals surface area contributed by atoms with Crippen LogP contribution in [-0.2, 0) is 16.8 Å². The molecular formula is C15H26BrN3O. The van der Waals surface area contributed by atoms with Crippen molar-refractivity contribution in [2.45, 2.75) is 59.0 Å². The van der Waals surface area contributed by atoms with Crippen LogP contribution in [0.1, 0.15) is 58.5 Å². The Morgan fingerprint density at radius 2 is 1.80 bits per heavy atom. The van der Waals surface area contributed by atoms with Gasteiger partial charge in [-0.15, -0.1) is 0 Å². The average Bonchev–Trinajstić information content (AvgIpc) is 2.49. The normalized spacial score (nSPS) is 11.7. The predicted molar refractivity (Wildman–Crippen MR) is 87.2 cm³/mol. The van der Waals surface area contributed by atoms with Crippen LogP contribution in [0.4, 0.5) is 5.82 Å². The van der Waals surface area contributed by atoms with Crippen LogP contribution < -0.4 is 5.32 Å². The van der Waals surface area contributed by atoms with Gasteiger partial charge in [0.2, 0.25) is 0 Å². The van der Waals surface area contributed by atoms with Crippen LogP contribution in [0.2, 0.25) is 0 Å². The zero-order valence-corrected chi connectivity index (χ0v) is 14.8. The van der Waals surface area contributed by atoms with Gasteiger partial charge in [-0.3, -0.25) is 0 Å². The molecule has 0 spiro atoms. The number of aryl methyl sites for hydroxylation is 1. The van der Waals surface area contributed by atoms with E-state index in [2.05, 4.69) is 48.9 Å². The summed E-state index contributed by atoms with van der Waals surface area (Å²) in [5.74, 6) is 1.65. The van der Waals surface area contributed by atoms with Gasteiger partial charge in [0, 0.05) is 13.7 Å². The Kier molecular flexibility index (Phi) is 6.89. The van der Waals surface area contributed by atoms with E-state index in [4.69, 9.17) is 14.7 Å². The third kappa shape index (κ3) is 3.50. The molecule has 1 N–H and O–H groups in total. The van der Waals surface area contributed by atoms with Gasteiger partial charge in [0.05, 0.1) is 10.2 Å². The molecule has 0 unspecified atom stereocenters. The van der Waals surface area contributed by atoms with Crippen LogP contribution >= 0.6 is 15.9 Å². The number of anilines is 1. The fraction of sp³-hybridized carbons (Fsp3) is 0.733. The molecule has 0 aliphatic carbocycles. The van der Waals surface area contributed by atoms with E-state index in [1.165, 1.54) is 0 Å². The molecule has 20 heavy (non-hydrogen) atoms. The molecular weight excluding hydrogens is 318 g/mol. The lowest BCUT2D eigenvalue weighted by Crippen LogP contribution is -2.30. The molecule has 1 aromatic rings. The minimum absolute atomic E-state index is 0.396. The lowest BCUT2D eigenvalue weighted by atomic mass is 9.96. The highest BCUT2D eigenvalue weighted by molar-refractivity contribution is 9.10. The number of hydrogen-bond acceptors (Lipinski definition) is 4. The van der Waals surface area contributed by atoms with E-state index in [0.717, 1.165) is 54.0 Å². The third-order valence-corrected chi connectivity index (χ3v) is 4.57. The number of methoxy groups -OCH3 is 1. The second-order valence-electron chi connectivity index (χ2n) is 4.84. The smallest absolute Gasteiger partial charge is 0.162 e. The SMILES string of the molecule is CCCNc1nc(C(CC)(CC)OC)nc(CC)c1Br. The first-order valence-corrected chi connectivity index (χ1v) is 8.23. The molecule has 0 fully saturated rings. The molecule has 0 aromatic carbocycles. The summed E-state index contributed by atoms with van der Waals surface area (Å²) in [6.45, 7) is 9.37. The first-order chi connectivity index (χ1) is 9.58. The molecule has 0 saturated carbocycles. The van der Waals surface area contributed by atoms with E-state index in [0.29, 0.717) is 0 Å². The minimum Gasteiger partial charge on any atom is -0.370 e. The summed E-state index contributed by atoms with van der Waals surface area (Å²) in [5, 5.41) is 3.37. The number of halogens is 1. The maximum absolute atomic E-state index is 5.75. The maximum Gasteiger partial charge on any atom is 0.162 e. The van der Waals surface area contributed by atoms with E-state index in [-0.39, 0.29) is 0 Å². The first-order valence-electron chi connectivity index (χ1n) is 7.44. The Balaban J connectivity index is 3.32. The van der Waals surface area contributed by atoms with Crippen LogP contribution in [0.5, 0.6) is 0 Å². The molecule has 1 aromatic heterocycles. The number of nitrogens with zero attached hydrogens (tertiary/aromatic N) is 2. The van der Waals surface area contributed by atoms with Gasteiger partial charge in [0.25, 0.3) is 0 Å². The molecule has 0 saturated heterocycles. The molecule has 0 radical (unpaired) electrons. The lowest BCUT2D eigenvalue weighted by Gasteiger charge is -2.29. The fourth-order valence-electron chi connectivity index (χ4n) is 2.24. The molecule has 0 atom stereocenters. The molecule has 0 aliphatic rings. The summed E-state index contributed by atoms with van der Waals surface area (Å²) in [6, 6.07) is 0. The van der Waals surface area contributed by atoms with E-state index in [1.807, 2.05) is 0 Å². The lowest BCUT2D eigenvalue weighted by molar-refractivity contribution is -0.0292. The van der Waals surface area contributed by atoms with Crippen LogP contribution in [0.25, 0.3) is 0 Å². The van der Waals surface area contributed by atoms with Crippen molar-refractivity contribution in [2.75, 3.05) is 19.0 Å². The second-order valence-corrected chi connectivity index (χ2v) is 5.64. The van der Waals surface area contributed by atoms with Crippen molar-refractivity contribution in [3.05, 3.63) is 16.0 Å². The van der Waals surface area contributed by atoms with Gasteiger partial charge in [-0.2, -0.15) is 0 Å². The minimum atomic E-state index is -0.396. The Morgan fingerprint density at radius 1 is 1.15 bits per heavy atom. The molecule has 0 bridgehead atoms. The molecule has 1 rings (SSSR count). The predicted octanol–water partition coefficient (Wildman–Crippen LogP) is 4.29.